The fraction of sp³-hybridized carbons (Fsp3) is 0.526. The molecule has 1 aromatic heterocycles. The number of aliphatic hydroxyl groups excluding tert-OH is 1. The Hall–Kier alpha value is -2.61. The van der Waals surface area contributed by atoms with Crippen LogP contribution in [0.2, 0.25) is 0 Å². The van der Waals surface area contributed by atoms with E-state index in [0.29, 0.717) is 19.6 Å². The average molecular weight is 373 g/mol. The number of aryl methyl sites for hydroxylation is 3. The molecule has 0 aliphatic carbocycles. The zero-order valence-corrected chi connectivity index (χ0v) is 15.8. The number of nitrogens with zero attached hydrogens (tertiary/aromatic N) is 2. The number of H-pyrrole nitrogens is 1. The van der Waals surface area contributed by atoms with Crippen molar-refractivity contribution in [1.82, 2.24) is 25.5 Å². The van der Waals surface area contributed by atoms with Gasteiger partial charge in [0.15, 0.2) is 0 Å². The van der Waals surface area contributed by atoms with E-state index in [-0.39, 0.29) is 25.0 Å². The van der Waals surface area contributed by atoms with E-state index in [1.807, 2.05) is 6.07 Å². The number of imidazole rings is 1. The lowest BCUT2D eigenvalue weighted by Crippen LogP contribution is -2.59. The highest BCUT2D eigenvalue weighted by Crippen LogP contribution is 2.19. The van der Waals surface area contributed by atoms with Crippen LogP contribution in [0, 0.1) is 13.8 Å². The second-order valence-corrected chi connectivity index (χ2v) is 6.94. The van der Waals surface area contributed by atoms with Crippen LogP contribution in [-0.2, 0) is 11.2 Å². The van der Waals surface area contributed by atoms with E-state index >= 15 is 0 Å². The molecule has 1 aliphatic rings. The number of carbonyl (C=O) groups excluding carboxylic acids is 2. The van der Waals surface area contributed by atoms with Crippen molar-refractivity contribution in [2.45, 2.75) is 39.2 Å². The number of aliphatic hydroxyl groups is 1. The van der Waals surface area contributed by atoms with Crippen molar-refractivity contribution >= 4 is 23.0 Å². The Morgan fingerprint density at radius 1 is 1.41 bits per heavy atom. The molecule has 0 saturated carbocycles. The standard InChI is InChI=1S/C19H27N5O3/c1-12-5-6-14-17(13(12)2)23-16(22-14)4-3-8-21-19(27)24-10-9-20-18(26)15(24)7-11-25/h5-6,15,25H,3-4,7-11H2,1-2H3,(H,20,26)(H,21,27)(H,22,23)/t15-/m0/s1. The van der Waals surface area contributed by atoms with Crippen LogP contribution < -0.4 is 10.6 Å². The number of piperazine rings is 1. The monoisotopic (exact) mass is 373 g/mol. The molecular weight excluding hydrogens is 346 g/mol. The van der Waals surface area contributed by atoms with E-state index in [2.05, 4.69) is 40.5 Å². The summed E-state index contributed by atoms with van der Waals surface area (Å²) in [6.45, 7) is 5.39. The molecule has 27 heavy (non-hydrogen) atoms. The number of carbonyl (C=O) groups is 2. The van der Waals surface area contributed by atoms with Crippen molar-refractivity contribution in [3.05, 3.63) is 29.1 Å². The summed E-state index contributed by atoms with van der Waals surface area (Å²) < 4.78 is 0. The summed E-state index contributed by atoms with van der Waals surface area (Å²) in [5, 5.41) is 14.7. The maximum absolute atomic E-state index is 12.4. The summed E-state index contributed by atoms with van der Waals surface area (Å²) in [5.74, 6) is 0.696. The van der Waals surface area contributed by atoms with Gasteiger partial charge in [-0.3, -0.25) is 4.79 Å². The molecule has 146 valence electrons. The number of urea groups is 1. The Balaban J connectivity index is 1.51. The van der Waals surface area contributed by atoms with Gasteiger partial charge < -0.3 is 25.6 Å². The van der Waals surface area contributed by atoms with E-state index in [0.717, 1.165) is 29.7 Å². The molecule has 2 heterocycles. The Morgan fingerprint density at radius 2 is 2.22 bits per heavy atom. The third-order valence-corrected chi connectivity index (χ3v) is 5.09. The van der Waals surface area contributed by atoms with Gasteiger partial charge in [-0.25, -0.2) is 9.78 Å². The number of amides is 3. The minimum Gasteiger partial charge on any atom is -0.396 e. The predicted octanol–water partition coefficient (Wildman–Crippen LogP) is 1.00. The van der Waals surface area contributed by atoms with Crippen LogP contribution in [0.1, 0.15) is 29.8 Å². The molecule has 3 amide bonds. The quantitative estimate of drug-likeness (QED) is 0.566. The van der Waals surface area contributed by atoms with Gasteiger partial charge in [-0.15, -0.1) is 0 Å². The molecule has 1 atom stereocenters. The molecule has 4 N–H and O–H groups in total. The van der Waals surface area contributed by atoms with Gasteiger partial charge >= 0.3 is 6.03 Å². The van der Waals surface area contributed by atoms with Crippen molar-refractivity contribution in [1.29, 1.82) is 0 Å². The number of aromatic nitrogens is 2. The predicted molar refractivity (Wildman–Crippen MR) is 102 cm³/mol. The molecule has 8 nitrogen and oxygen atoms in total. The topological polar surface area (TPSA) is 110 Å². The lowest BCUT2D eigenvalue weighted by molar-refractivity contribution is -0.128. The van der Waals surface area contributed by atoms with Crippen LogP contribution in [0.4, 0.5) is 4.79 Å². The second kappa shape index (κ2) is 8.39. The first-order chi connectivity index (χ1) is 13.0. The average Bonchev–Trinajstić information content (AvgIpc) is 3.07. The zero-order valence-electron chi connectivity index (χ0n) is 15.8. The molecule has 0 bridgehead atoms. The molecule has 2 aromatic rings. The van der Waals surface area contributed by atoms with Crippen LogP contribution in [0.3, 0.4) is 0 Å². The molecule has 3 rings (SSSR count). The largest absolute Gasteiger partial charge is 0.396 e. The van der Waals surface area contributed by atoms with Crippen molar-refractivity contribution in [2.24, 2.45) is 0 Å². The van der Waals surface area contributed by atoms with E-state index < -0.39 is 6.04 Å². The number of aromatic amines is 1. The Labute approximate surface area is 158 Å². The van der Waals surface area contributed by atoms with Crippen molar-refractivity contribution < 1.29 is 14.7 Å². The summed E-state index contributed by atoms with van der Waals surface area (Å²) in [6, 6.07) is 3.25. The SMILES string of the molecule is Cc1ccc2[nH]c(CCCNC(=O)N3CCNC(=O)[C@@H]3CCO)nc2c1C. The molecule has 8 heteroatoms. The fourth-order valence-corrected chi connectivity index (χ4v) is 3.40. The van der Waals surface area contributed by atoms with Crippen molar-refractivity contribution in [2.75, 3.05) is 26.2 Å². The number of hydrogen-bond acceptors (Lipinski definition) is 4. The number of nitrogens with one attached hydrogen (secondary N) is 3. The summed E-state index contributed by atoms with van der Waals surface area (Å²) in [7, 11) is 0. The molecule has 1 aliphatic heterocycles. The summed E-state index contributed by atoms with van der Waals surface area (Å²) in [6.07, 6.45) is 1.72. The van der Waals surface area contributed by atoms with Gasteiger partial charge in [0.25, 0.3) is 0 Å². The van der Waals surface area contributed by atoms with E-state index in [9.17, 15) is 9.59 Å². The molecule has 1 saturated heterocycles. The first kappa shape index (κ1) is 19.2. The van der Waals surface area contributed by atoms with Gasteiger partial charge in [0.1, 0.15) is 11.9 Å². The Bertz CT molecular complexity index is 832. The highest BCUT2D eigenvalue weighted by atomic mass is 16.3. The third-order valence-electron chi connectivity index (χ3n) is 5.09. The maximum Gasteiger partial charge on any atom is 0.318 e. The van der Waals surface area contributed by atoms with Gasteiger partial charge in [-0.1, -0.05) is 6.07 Å². The van der Waals surface area contributed by atoms with Gasteiger partial charge in [-0.05, 0) is 43.9 Å². The van der Waals surface area contributed by atoms with Crippen LogP contribution in [0.5, 0.6) is 0 Å². The van der Waals surface area contributed by atoms with Crippen LogP contribution in [0.25, 0.3) is 11.0 Å². The van der Waals surface area contributed by atoms with Crippen molar-refractivity contribution in [3.63, 3.8) is 0 Å². The number of benzene rings is 1. The molecule has 0 radical (unpaired) electrons. The normalized spacial score (nSPS) is 17.2. The smallest absolute Gasteiger partial charge is 0.318 e. The first-order valence-corrected chi connectivity index (χ1v) is 9.39. The Morgan fingerprint density at radius 3 is 3.00 bits per heavy atom. The number of rotatable bonds is 6. The van der Waals surface area contributed by atoms with E-state index in [1.165, 1.54) is 16.0 Å². The van der Waals surface area contributed by atoms with Gasteiger partial charge in [0.2, 0.25) is 5.91 Å². The van der Waals surface area contributed by atoms with Crippen LogP contribution in [0.15, 0.2) is 12.1 Å². The lowest BCUT2D eigenvalue weighted by Gasteiger charge is -2.34. The van der Waals surface area contributed by atoms with Crippen LogP contribution >= 0.6 is 0 Å². The molecule has 1 fully saturated rings. The molecule has 0 spiro atoms. The highest BCUT2D eigenvalue weighted by Gasteiger charge is 2.32. The van der Waals surface area contributed by atoms with Crippen molar-refractivity contribution in [3.8, 4) is 0 Å². The Kier molecular flexibility index (Phi) is 5.95. The van der Waals surface area contributed by atoms with E-state index in [4.69, 9.17) is 5.11 Å². The fourth-order valence-electron chi connectivity index (χ4n) is 3.40. The minimum atomic E-state index is -0.606. The van der Waals surface area contributed by atoms with E-state index in [1.54, 1.807) is 0 Å². The lowest BCUT2D eigenvalue weighted by atomic mass is 10.1. The van der Waals surface area contributed by atoms with Gasteiger partial charge in [-0.2, -0.15) is 0 Å². The summed E-state index contributed by atoms with van der Waals surface area (Å²) in [4.78, 5) is 33.8. The maximum atomic E-state index is 12.4. The zero-order chi connectivity index (χ0) is 19.4. The van der Waals surface area contributed by atoms with Crippen LogP contribution in [-0.4, -0.2) is 64.2 Å². The number of hydrogen-bond donors (Lipinski definition) is 4. The number of fused-ring (bicyclic) bond motifs is 1. The molecular formula is C19H27N5O3. The highest BCUT2D eigenvalue weighted by molar-refractivity contribution is 5.88. The molecule has 0 unspecified atom stereocenters. The first-order valence-electron chi connectivity index (χ1n) is 9.39. The minimum absolute atomic E-state index is 0.132. The van der Waals surface area contributed by atoms with Gasteiger partial charge in [0, 0.05) is 32.7 Å². The summed E-state index contributed by atoms with van der Waals surface area (Å²) in [5.41, 5.74) is 4.43. The van der Waals surface area contributed by atoms with Gasteiger partial charge in [0.05, 0.1) is 11.0 Å². The second-order valence-electron chi connectivity index (χ2n) is 6.94. The molecule has 1 aromatic carbocycles. The third kappa shape index (κ3) is 4.21. The summed E-state index contributed by atoms with van der Waals surface area (Å²) >= 11 is 0.